The van der Waals surface area contributed by atoms with Gasteiger partial charge in [0.25, 0.3) is 5.69 Å². The fraction of sp³-hybridized carbons (Fsp3) is 0. The molecule has 0 aliphatic carbocycles. The molecule has 0 radical (unpaired) electrons. The van der Waals surface area contributed by atoms with Gasteiger partial charge in [-0.3, -0.25) is 19.7 Å². The summed E-state index contributed by atoms with van der Waals surface area (Å²) in [6.45, 7) is 0. The van der Waals surface area contributed by atoms with Gasteiger partial charge in [0.2, 0.25) is 0 Å². The molecule has 6 nitrogen and oxygen atoms in total. The number of nitrogens with two attached hydrogens (primary N) is 1. The topological polar surface area (TPSA) is 103 Å². The van der Waals surface area contributed by atoms with E-state index >= 15 is 0 Å². The summed E-state index contributed by atoms with van der Waals surface area (Å²) in [5.41, 5.74) is 8.58. The average molecular weight is 424 g/mol. The average Bonchev–Trinajstić information content (AvgIpc) is 2.85. The van der Waals surface area contributed by atoms with Gasteiger partial charge in [0.05, 0.1) is 4.92 Å². The normalized spacial score (nSPS) is 9.88. The van der Waals surface area contributed by atoms with Gasteiger partial charge in [-0.05, 0) is 36.4 Å². The monoisotopic (exact) mass is 424 g/mol. The summed E-state index contributed by atoms with van der Waals surface area (Å²) < 4.78 is 0. The lowest BCUT2D eigenvalue weighted by molar-refractivity contribution is -0.384. The Balaban J connectivity index is 0.000000182. The zero-order chi connectivity index (χ0) is 22.9. The molecule has 0 fully saturated rings. The van der Waals surface area contributed by atoms with Gasteiger partial charge in [-0.1, -0.05) is 60.7 Å². The molecule has 0 saturated heterocycles. The van der Waals surface area contributed by atoms with Crippen LogP contribution in [0.1, 0.15) is 31.8 Å². The first-order chi connectivity index (χ1) is 15.5. The number of rotatable bonds is 5. The zero-order valence-electron chi connectivity index (χ0n) is 17.0. The second kappa shape index (κ2) is 10.4. The molecule has 0 aliphatic heterocycles. The van der Waals surface area contributed by atoms with Gasteiger partial charge in [0.1, 0.15) is 0 Å². The number of anilines is 1. The SMILES string of the molecule is Nc1ccc(C(=O)c2ccccc2)cc1.O=C(c1ccccc1)c1ccc([N+](=O)[O-])cc1. The molecule has 4 aromatic rings. The molecule has 0 heterocycles. The lowest BCUT2D eigenvalue weighted by Crippen LogP contribution is -2.00. The molecule has 0 aliphatic rings. The van der Waals surface area contributed by atoms with Crippen LogP contribution in [0.25, 0.3) is 0 Å². The first-order valence-corrected chi connectivity index (χ1v) is 9.75. The third-order valence-corrected chi connectivity index (χ3v) is 4.59. The van der Waals surface area contributed by atoms with Crippen LogP contribution < -0.4 is 5.73 Å². The summed E-state index contributed by atoms with van der Waals surface area (Å²) in [6, 6.07) is 30.5. The number of benzene rings is 4. The second-order valence-electron chi connectivity index (χ2n) is 6.82. The molecule has 0 unspecified atom stereocenters. The van der Waals surface area contributed by atoms with Crippen LogP contribution in [0.2, 0.25) is 0 Å². The Hall–Kier alpha value is -4.58. The van der Waals surface area contributed by atoms with Crippen molar-refractivity contribution in [2.45, 2.75) is 0 Å². The molecule has 0 bridgehead atoms. The van der Waals surface area contributed by atoms with Gasteiger partial charge in [0, 0.05) is 40.1 Å². The molecule has 0 atom stereocenters. The molecule has 32 heavy (non-hydrogen) atoms. The number of nitro groups is 1. The van der Waals surface area contributed by atoms with Crippen molar-refractivity contribution in [3.8, 4) is 0 Å². The van der Waals surface area contributed by atoms with Crippen LogP contribution in [0.5, 0.6) is 0 Å². The van der Waals surface area contributed by atoms with E-state index in [1.165, 1.54) is 24.3 Å². The highest BCUT2D eigenvalue weighted by molar-refractivity contribution is 6.09. The van der Waals surface area contributed by atoms with Crippen molar-refractivity contribution in [2.24, 2.45) is 0 Å². The van der Waals surface area contributed by atoms with Gasteiger partial charge in [-0.2, -0.15) is 0 Å². The van der Waals surface area contributed by atoms with Gasteiger partial charge in [0.15, 0.2) is 11.6 Å². The molecule has 0 saturated carbocycles. The maximum Gasteiger partial charge on any atom is 0.269 e. The molecule has 2 N–H and O–H groups in total. The predicted octanol–water partition coefficient (Wildman–Crippen LogP) is 5.33. The van der Waals surface area contributed by atoms with Crippen LogP contribution in [0, 0.1) is 10.1 Å². The first kappa shape index (κ1) is 22.1. The number of non-ortho nitro benzene ring substituents is 1. The Bertz CT molecular complexity index is 1200. The Morgan fingerprint density at radius 3 is 1.28 bits per heavy atom. The van der Waals surface area contributed by atoms with Crippen molar-refractivity contribution in [3.05, 3.63) is 142 Å². The van der Waals surface area contributed by atoms with E-state index in [0.29, 0.717) is 27.9 Å². The third kappa shape index (κ3) is 5.73. The van der Waals surface area contributed by atoms with E-state index in [4.69, 9.17) is 5.73 Å². The quantitative estimate of drug-likeness (QED) is 0.202. The van der Waals surface area contributed by atoms with Crippen LogP contribution in [-0.4, -0.2) is 16.5 Å². The third-order valence-electron chi connectivity index (χ3n) is 4.59. The van der Waals surface area contributed by atoms with Crippen molar-refractivity contribution >= 4 is 22.9 Å². The van der Waals surface area contributed by atoms with Crippen molar-refractivity contribution in [2.75, 3.05) is 5.73 Å². The smallest absolute Gasteiger partial charge is 0.269 e. The molecule has 0 aromatic heterocycles. The minimum absolute atomic E-state index is 0.0189. The lowest BCUT2D eigenvalue weighted by atomic mass is 10.0. The summed E-state index contributed by atoms with van der Waals surface area (Å²) >= 11 is 0. The highest BCUT2D eigenvalue weighted by Gasteiger charge is 2.11. The molecule has 0 spiro atoms. The Labute approximate surface area is 185 Å². The second-order valence-corrected chi connectivity index (χ2v) is 6.82. The van der Waals surface area contributed by atoms with E-state index in [0.717, 1.165) is 0 Å². The van der Waals surface area contributed by atoms with E-state index in [1.54, 1.807) is 60.7 Å². The summed E-state index contributed by atoms with van der Waals surface area (Å²) in [5.74, 6) is -0.115. The molecule has 0 amide bonds. The zero-order valence-corrected chi connectivity index (χ0v) is 17.0. The molecule has 4 rings (SSSR count). The number of nitrogens with zero attached hydrogens (tertiary/aromatic N) is 1. The van der Waals surface area contributed by atoms with Crippen LogP contribution in [-0.2, 0) is 0 Å². The number of nitrogen functional groups attached to an aromatic ring is 1. The molecular formula is C26H20N2O4. The van der Waals surface area contributed by atoms with E-state index in [1.807, 2.05) is 24.3 Å². The van der Waals surface area contributed by atoms with Crippen molar-refractivity contribution in [1.82, 2.24) is 0 Å². The van der Waals surface area contributed by atoms with Crippen LogP contribution >= 0.6 is 0 Å². The Morgan fingerprint density at radius 2 is 0.906 bits per heavy atom. The number of carbonyl (C=O) groups excluding carboxylic acids is 2. The fourth-order valence-electron chi connectivity index (χ4n) is 2.88. The number of carbonyl (C=O) groups is 2. The fourth-order valence-corrected chi connectivity index (χ4v) is 2.88. The minimum atomic E-state index is -0.489. The highest BCUT2D eigenvalue weighted by atomic mass is 16.6. The predicted molar refractivity (Wildman–Crippen MR) is 124 cm³/mol. The van der Waals surface area contributed by atoms with Gasteiger partial charge >= 0.3 is 0 Å². The standard InChI is InChI=1S/C13H9NO3.C13H11NO/c15-13(10-4-2-1-3-5-10)11-6-8-12(9-7-11)14(16)17;14-12-8-6-11(7-9-12)13(15)10-4-2-1-3-5-10/h1-9H;1-9H,14H2. The number of ketones is 2. The minimum Gasteiger partial charge on any atom is -0.399 e. The molecule has 4 aromatic carbocycles. The van der Waals surface area contributed by atoms with Gasteiger partial charge in [-0.15, -0.1) is 0 Å². The van der Waals surface area contributed by atoms with Gasteiger partial charge < -0.3 is 5.73 Å². The van der Waals surface area contributed by atoms with E-state index in [2.05, 4.69) is 0 Å². The van der Waals surface area contributed by atoms with Crippen molar-refractivity contribution in [1.29, 1.82) is 0 Å². The first-order valence-electron chi connectivity index (χ1n) is 9.75. The number of nitro benzene ring substituents is 1. The van der Waals surface area contributed by atoms with Crippen LogP contribution in [0.15, 0.2) is 109 Å². The van der Waals surface area contributed by atoms with Gasteiger partial charge in [-0.25, -0.2) is 0 Å². The molecule has 158 valence electrons. The van der Waals surface area contributed by atoms with E-state index in [-0.39, 0.29) is 17.3 Å². The Morgan fingerprint density at radius 1 is 0.562 bits per heavy atom. The molecular weight excluding hydrogens is 404 g/mol. The maximum atomic E-state index is 12.0. The van der Waals surface area contributed by atoms with Crippen LogP contribution in [0.4, 0.5) is 11.4 Å². The van der Waals surface area contributed by atoms with Crippen LogP contribution in [0.3, 0.4) is 0 Å². The highest BCUT2D eigenvalue weighted by Crippen LogP contribution is 2.15. The largest absolute Gasteiger partial charge is 0.399 e. The summed E-state index contributed by atoms with van der Waals surface area (Å²) in [4.78, 5) is 33.9. The maximum absolute atomic E-state index is 12.0. The van der Waals surface area contributed by atoms with E-state index in [9.17, 15) is 19.7 Å². The Kier molecular flexibility index (Phi) is 7.22. The van der Waals surface area contributed by atoms with Crippen molar-refractivity contribution < 1.29 is 14.5 Å². The summed E-state index contributed by atoms with van der Waals surface area (Å²) in [5, 5.41) is 10.5. The summed E-state index contributed by atoms with van der Waals surface area (Å²) in [6.07, 6.45) is 0. The summed E-state index contributed by atoms with van der Waals surface area (Å²) in [7, 11) is 0. The number of hydrogen-bond donors (Lipinski definition) is 1. The number of hydrogen-bond acceptors (Lipinski definition) is 5. The van der Waals surface area contributed by atoms with E-state index < -0.39 is 4.92 Å². The lowest BCUT2D eigenvalue weighted by Gasteiger charge is -2.00. The van der Waals surface area contributed by atoms with Crippen molar-refractivity contribution in [3.63, 3.8) is 0 Å². The molecule has 6 heteroatoms.